The molecule has 1 saturated heterocycles. The van der Waals surface area contributed by atoms with Gasteiger partial charge < -0.3 is 14.4 Å². The first-order valence-corrected chi connectivity index (χ1v) is 9.74. The van der Waals surface area contributed by atoms with Gasteiger partial charge in [-0.05, 0) is 56.4 Å². The molecule has 140 valence electrons. The summed E-state index contributed by atoms with van der Waals surface area (Å²) in [5.41, 5.74) is 2.68. The molecule has 1 aliphatic rings. The lowest BCUT2D eigenvalue weighted by Crippen LogP contribution is -3.18. The molecule has 2 heterocycles. The molecule has 2 atom stereocenters. The Labute approximate surface area is 159 Å². The summed E-state index contributed by atoms with van der Waals surface area (Å²) in [7, 11) is 0. The highest BCUT2D eigenvalue weighted by Gasteiger charge is 2.30. The van der Waals surface area contributed by atoms with Crippen LogP contribution >= 0.6 is 0 Å². The molecule has 3 aromatic rings. The molecule has 27 heavy (non-hydrogen) atoms. The van der Waals surface area contributed by atoms with Crippen molar-refractivity contribution < 1.29 is 14.4 Å². The van der Waals surface area contributed by atoms with E-state index in [2.05, 4.69) is 13.8 Å². The van der Waals surface area contributed by atoms with E-state index in [-0.39, 0.29) is 11.4 Å². The summed E-state index contributed by atoms with van der Waals surface area (Å²) >= 11 is 0. The first-order chi connectivity index (χ1) is 13.0. The molecule has 0 radical (unpaired) electrons. The third kappa shape index (κ3) is 3.37. The molecule has 0 bridgehead atoms. The van der Waals surface area contributed by atoms with Gasteiger partial charge in [0.05, 0.1) is 17.6 Å². The molecule has 0 aliphatic carbocycles. The van der Waals surface area contributed by atoms with Gasteiger partial charge in [-0.3, -0.25) is 0 Å². The topological polar surface area (TPSA) is 54.9 Å². The van der Waals surface area contributed by atoms with E-state index in [9.17, 15) is 9.90 Å². The summed E-state index contributed by atoms with van der Waals surface area (Å²) in [5.74, 6) is 0.202. The van der Waals surface area contributed by atoms with E-state index < -0.39 is 0 Å². The van der Waals surface area contributed by atoms with Crippen molar-refractivity contribution in [2.75, 3.05) is 0 Å². The summed E-state index contributed by atoms with van der Waals surface area (Å²) in [6.07, 6.45) is 3.62. The van der Waals surface area contributed by atoms with Gasteiger partial charge >= 0.3 is 5.63 Å². The fraction of sp³-hybridized carbons (Fsp3) is 0.348. The normalized spacial score (nSPS) is 20.8. The number of rotatable bonds is 3. The Morgan fingerprint density at radius 2 is 1.78 bits per heavy atom. The first-order valence-electron chi connectivity index (χ1n) is 9.74. The number of piperidine rings is 1. The van der Waals surface area contributed by atoms with Crippen LogP contribution in [0.25, 0.3) is 22.1 Å². The van der Waals surface area contributed by atoms with E-state index in [0.29, 0.717) is 24.2 Å². The van der Waals surface area contributed by atoms with Crippen molar-refractivity contribution in [3.8, 4) is 16.9 Å². The molecule has 1 aliphatic heterocycles. The molecule has 2 N–H and O–H groups in total. The lowest BCUT2D eigenvalue weighted by atomic mass is 9.95. The fourth-order valence-electron chi connectivity index (χ4n) is 4.44. The largest absolute Gasteiger partial charge is 0.507 e. The number of phenolic OH excluding ortho intramolecular Hbond substituents is 1. The predicted molar refractivity (Wildman–Crippen MR) is 107 cm³/mol. The Morgan fingerprint density at radius 1 is 1.07 bits per heavy atom. The molecular weight excluding hydrogens is 338 g/mol. The summed E-state index contributed by atoms with van der Waals surface area (Å²) in [6, 6.07) is 16.0. The Morgan fingerprint density at radius 3 is 2.48 bits per heavy atom. The average Bonchev–Trinajstić information content (AvgIpc) is 2.66. The number of fused-ring (bicyclic) bond motifs is 1. The highest BCUT2D eigenvalue weighted by molar-refractivity contribution is 5.95. The predicted octanol–water partition coefficient (Wildman–Crippen LogP) is 3.51. The molecule has 0 unspecified atom stereocenters. The van der Waals surface area contributed by atoms with E-state index >= 15 is 0 Å². The lowest BCUT2D eigenvalue weighted by Gasteiger charge is -2.36. The van der Waals surface area contributed by atoms with Crippen LogP contribution in [0.4, 0.5) is 0 Å². The molecule has 2 aromatic carbocycles. The highest BCUT2D eigenvalue weighted by atomic mass is 16.4. The van der Waals surface area contributed by atoms with Crippen LogP contribution in [-0.2, 0) is 6.54 Å². The number of phenols is 1. The summed E-state index contributed by atoms with van der Waals surface area (Å²) < 4.78 is 5.62. The maximum absolute atomic E-state index is 12.3. The van der Waals surface area contributed by atoms with Gasteiger partial charge in [0.1, 0.15) is 12.3 Å². The second-order valence-corrected chi connectivity index (χ2v) is 7.77. The zero-order valence-electron chi connectivity index (χ0n) is 15.9. The summed E-state index contributed by atoms with van der Waals surface area (Å²) in [4.78, 5) is 13.7. The fourth-order valence-corrected chi connectivity index (χ4v) is 4.44. The minimum Gasteiger partial charge on any atom is -0.507 e. The first kappa shape index (κ1) is 17.8. The highest BCUT2D eigenvalue weighted by Crippen LogP contribution is 2.32. The third-order valence-electron chi connectivity index (χ3n) is 6.00. The van der Waals surface area contributed by atoms with Crippen molar-refractivity contribution in [1.29, 1.82) is 0 Å². The van der Waals surface area contributed by atoms with Gasteiger partial charge in [0, 0.05) is 11.5 Å². The summed E-state index contributed by atoms with van der Waals surface area (Å²) in [6.45, 7) is 5.18. The van der Waals surface area contributed by atoms with Gasteiger partial charge in [-0.2, -0.15) is 0 Å². The van der Waals surface area contributed by atoms with E-state index in [1.165, 1.54) is 30.2 Å². The molecule has 1 aromatic heterocycles. The Bertz CT molecular complexity index is 999. The molecule has 4 nitrogen and oxygen atoms in total. The van der Waals surface area contributed by atoms with E-state index in [0.717, 1.165) is 22.1 Å². The van der Waals surface area contributed by atoms with Crippen LogP contribution in [0.3, 0.4) is 0 Å². The molecule has 0 amide bonds. The number of aromatic hydroxyl groups is 1. The van der Waals surface area contributed by atoms with Gasteiger partial charge in [0.2, 0.25) is 0 Å². The zero-order chi connectivity index (χ0) is 19.0. The van der Waals surface area contributed by atoms with Crippen LogP contribution in [0.15, 0.2) is 57.7 Å². The Kier molecular flexibility index (Phi) is 4.75. The van der Waals surface area contributed by atoms with Gasteiger partial charge in [-0.1, -0.05) is 30.3 Å². The zero-order valence-corrected chi connectivity index (χ0v) is 15.9. The lowest BCUT2D eigenvalue weighted by molar-refractivity contribution is -0.964. The van der Waals surface area contributed by atoms with Gasteiger partial charge in [0.15, 0.2) is 5.58 Å². The van der Waals surface area contributed by atoms with Crippen LogP contribution in [0, 0.1) is 0 Å². The number of benzene rings is 2. The maximum Gasteiger partial charge on any atom is 0.336 e. The van der Waals surface area contributed by atoms with Crippen molar-refractivity contribution in [3.05, 3.63) is 64.5 Å². The second kappa shape index (κ2) is 7.20. The van der Waals surface area contributed by atoms with Crippen molar-refractivity contribution in [2.45, 2.75) is 51.7 Å². The van der Waals surface area contributed by atoms with Crippen LogP contribution in [-0.4, -0.2) is 17.2 Å². The van der Waals surface area contributed by atoms with Crippen LogP contribution in [0.2, 0.25) is 0 Å². The molecule has 4 heteroatoms. The monoisotopic (exact) mass is 364 g/mol. The minimum atomic E-state index is -0.386. The average molecular weight is 364 g/mol. The summed E-state index contributed by atoms with van der Waals surface area (Å²) in [5, 5.41) is 11.5. The van der Waals surface area contributed by atoms with Gasteiger partial charge in [-0.25, -0.2) is 4.79 Å². The van der Waals surface area contributed by atoms with Crippen molar-refractivity contribution >= 4 is 11.0 Å². The molecule has 0 saturated carbocycles. The van der Waals surface area contributed by atoms with Gasteiger partial charge in [-0.15, -0.1) is 0 Å². The Balaban J connectivity index is 1.87. The molecule has 4 rings (SSSR count). The number of nitrogens with one attached hydrogen (secondary N) is 1. The van der Waals surface area contributed by atoms with E-state index in [1.54, 1.807) is 6.07 Å². The van der Waals surface area contributed by atoms with Crippen LogP contribution < -0.4 is 10.5 Å². The van der Waals surface area contributed by atoms with Crippen molar-refractivity contribution in [1.82, 2.24) is 0 Å². The SMILES string of the molecule is C[C@H]1CCC[C@H](C)[NH+]1Cc1c(O)ccc2c(-c3ccccc3)cc(=O)oc12. The van der Waals surface area contributed by atoms with E-state index in [4.69, 9.17) is 4.42 Å². The quantitative estimate of drug-likeness (QED) is 0.699. The van der Waals surface area contributed by atoms with E-state index in [1.807, 2.05) is 36.4 Å². The number of hydrogen-bond donors (Lipinski definition) is 2. The number of hydrogen-bond acceptors (Lipinski definition) is 3. The van der Waals surface area contributed by atoms with Crippen LogP contribution in [0.5, 0.6) is 5.75 Å². The maximum atomic E-state index is 12.3. The molecule has 0 spiro atoms. The molecular formula is C23H26NO3+. The number of likely N-dealkylation sites (tertiary alicyclic amines) is 1. The van der Waals surface area contributed by atoms with Crippen LogP contribution in [0.1, 0.15) is 38.7 Å². The van der Waals surface area contributed by atoms with Gasteiger partial charge in [0.25, 0.3) is 0 Å². The second-order valence-electron chi connectivity index (χ2n) is 7.77. The minimum absolute atomic E-state index is 0.202. The molecule has 1 fully saturated rings. The van der Waals surface area contributed by atoms with Crippen molar-refractivity contribution in [3.63, 3.8) is 0 Å². The number of quaternary nitrogens is 1. The standard InChI is InChI=1S/C23H25NO3/c1-15-7-6-8-16(2)24(15)14-20-21(25)12-11-18-19(13-22(26)27-23(18)20)17-9-4-3-5-10-17/h3-5,9-13,15-16,25H,6-8,14H2,1-2H3/p+1/t15-,16-/m0/s1. The Hall–Kier alpha value is -2.59. The third-order valence-corrected chi connectivity index (χ3v) is 6.00. The smallest absolute Gasteiger partial charge is 0.336 e. The van der Waals surface area contributed by atoms with Crippen molar-refractivity contribution in [2.24, 2.45) is 0 Å².